The molecule has 0 fully saturated rings. The van der Waals surface area contributed by atoms with Crippen molar-refractivity contribution < 1.29 is 4.74 Å². The first-order valence-corrected chi connectivity index (χ1v) is 4.02. The first-order chi connectivity index (χ1) is 5.76. The van der Waals surface area contributed by atoms with Crippen molar-refractivity contribution in [2.45, 2.75) is 13.8 Å². The second-order valence-electron chi connectivity index (χ2n) is 2.56. The molecule has 1 N–H and O–H groups in total. The quantitative estimate of drug-likeness (QED) is 0.743. The van der Waals surface area contributed by atoms with Crippen molar-refractivity contribution in [2.75, 3.05) is 19.0 Å². The third kappa shape index (κ3) is 2.12. The van der Waals surface area contributed by atoms with E-state index in [9.17, 15) is 0 Å². The van der Waals surface area contributed by atoms with Gasteiger partial charge in [-0.05, 0) is 13.8 Å². The molecule has 0 saturated carbocycles. The maximum Gasteiger partial charge on any atom is 0.129 e. The molecule has 1 rings (SSSR count). The highest BCUT2D eigenvalue weighted by Gasteiger charge is 1.97. The third-order valence-electron chi connectivity index (χ3n) is 1.52. The van der Waals surface area contributed by atoms with E-state index in [4.69, 9.17) is 4.74 Å². The highest BCUT2D eigenvalue weighted by Crippen LogP contribution is 2.16. The fraction of sp³-hybridized carbons (Fsp3) is 0.444. The van der Waals surface area contributed by atoms with Gasteiger partial charge in [-0.3, -0.25) is 0 Å². The Bertz CT molecular complexity index is 261. The summed E-state index contributed by atoms with van der Waals surface area (Å²) in [5, 5.41) is 3.13. The standard InChI is InChI=1S/C9H14N2O/c1-4-10-9-6-8(12-3)5-7(2)11-9/h5-6H,4H2,1-3H3,(H,10,11). The minimum Gasteiger partial charge on any atom is -0.497 e. The summed E-state index contributed by atoms with van der Waals surface area (Å²) in [6.45, 7) is 4.86. The minimum atomic E-state index is 0.846. The molecule has 3 heteroatoms. The van der Waals surface area contributed by atoms with E-state index >= 15 is 0 Å². The van der Waals surface area contributed by atoms with Gasteiger partial charge in [0.05, 0.1) is 7.11 Å². The smallest absolute Gasteiger partial charge is 0.129 e. The van der Waals surface area contributed by atoms with E-state index in [1.165, 1.54) is 0 Å². The van der Waals surface area contributed by atoms with E-state index < -0.39 is 0 Å². The molecule has 0 atom stereocenters. The average molecular weight is 166 g/mol. The van der Waals surface area contributed by atoms with Crippen LogP contribution in [-0.4, -0.2) is 18.6 Å². The van der Waals surface area contributed by atoms with Crippen LogP contribution in [0.1, 0.15) is 12.6 Å². The second kappa shape index (κ2) is 3.95. The number of nitrogens with one attached hydrogen (secondary N) is 1. The minimum absolute atomic E-state index is 0.846. The molecule has 3 nitrogen and oxygen atoms in total. The molecule has 0 aliphatic heterocycles. The largest absolute Gasteiger partial charge is 0.497 e. The monoisotopic (exact) mass is 166 g/mol. The molecule has 1 heterocycles. The van der Waals surface area contributed by atoms with Gasteiger partial charge < -0.3 is 10.1 Å². The fourth-order valence-corrected chi connectivity index (χ4v) is 1.03. The predicted molar refractivity (Wildman–Crippen MR) is 49.7 cm³/mol. The lowest BCUT2D eigenvalue weighted by atomic mass is 10.3. The van der Waals surface area contributed by atoms with E-state index in [0.29, 0.717) is 0 Å². The molecule has 0 spiro atoms. The number of methoxy groups -OCH3 is 1. The van der Waals surface area contributed by atoms with Crippen LogP contribution in [0.4, 0.5) is 5.82 Å². The number of hydrogen-bond acceptors (Lipinski definition) is 3. The lowest BCUT2D eigenvalue weighted by Gasteiger charge is -2.06. The Morgan fingerprint density at radius 1 is 1.50 bits per heavy atom. The van der Waals surface area contributed by atoms with Crippen LogP contribution >= 0.6 is 0 Å². The van der Waals surface area contributed by atoms with Gasteiger partial charge in [-0.1, -0.05) is 0 Å². The number of hydrogen-bond donors (Lipinski definition) is 1. The number of ether oxygens (including phenoxy) is 1. The Morgan fingerprint density at radius 3 is 2.83 bits per heavy atom. The van der Waals surface area contributed by atoms with Crippen molar-refractivity contribution in [3.63, 3.8) is 0 Å². The first kappa shape index (κ1) is 8.84. The molecule has 0 aromatic carbocycles. The van der Waals surface area contributed by atoms with Gasteiger partial charge in [0, 0.05) is 24.4 Å². The van der Waals surface area contributed by atoms with Gasteiger partial charge in [0.2, 0.25) is 0 Å². The number of pyridine rings is 1. The summed E-state index contributed by atoms with van der Waals surface area (Å²) in [6, 6.07) is 3.79. The van der Waals surface area contributed by atoms with Gasteiger partial charge in [-0.25, -0.2) is 4.98 Å². The van der Waals surface area contributed by atoms with Crippen molar-refractivity contribution in [3.05, 3.63) is 17.8 Å². The highest BCUT2D eigenvalue weighted by atomic mass is 16.5. The molecule has 0 unspecified atom stereocenters. The molecule has 0 aliphatic rings. The summed E-state index contributed by atoms with van der Waals surface area (Å²) >= 11 is 0. The summed E-state index contributed by atoms with van der Waals surface area (Å²) in [6.07, 6.45) is 0. The average Bonchev–Trinajstić information content (AvgIpc) is 2.04. The van der Waals surface area contributed by atoms with E-state index in [0.717, 1.165) is 23.8 Å². The molecule has 0 radical (unpaired) electrons. The van der Waals surface area contributed by atoms with Gasteiger partial charge in [0.1, 0.15) is 11.6 Å². The molecule has 0 bridgehead atoms. The molecule has 66 valence electrons. The summed E-state index contributed by atoms with van der Waals surface area (Å²) in [4.78, 5) is 4.28. The molecule has 0 amide bonds. The number of nitrogens with zero attached hydrogens (tertiary/aromatic N) is 1. The van der Waals surface area contributed by atoms with Gasteiger partial charge in [-0.15, -0.1) is 0 Å². The zero-order valence-corrected chi connectivity index (χ0v) is 7.72. The van der Waals surface area contributed by atoms with Crippen molar-refractivity contribution in [1.82, 2.24) is 4.98 Å². The maximum absolute atomic E-state index is 5.10. The number of rotatable bonds is 3. The van der Waals surface area contributed by atoms with Crippen molar-refractivity contribution in [1.29, 1.82) is 0 Å². The Hall–Kier alpha value is -1.25. The first-order valence-electron chi connectivity index (χ1n) is 4.02. The number of aryl methyl sites for hydroxylation is 1. The summed E-state index contributed by atoms with van der Waals surface area (Å²) < 4.78 is 5.10. The zero-order valence-electron chi connectivity index (χ0n) is 7.72. The molecule has 1 aromatic rings. The van der Waals surface area contributed by atoms with Crippen LogP contribution in [0.2, 0.25) is 0 Å². The Kier molecular flexibility index (Phi) is 2.91. The van der Waals surface area contributed by atoms with E-state index in [2.05, 4.69) is 10.3 Å². The normalized spacial score (nSPS) is 9.58. The summed E-state index contributed by atoms with van der Waals surface area (Å²) in [5.41, 5.74) is 0.963. The topological polar surface area (TPSA) is 34.1 Å². The highest BCUT2D eigenvalue weighted by molar-refractivity contribution is 5.42. The van der Waals surface area contributed by atoms with Crippen LogP contribution in [0.5, 0.6) is 5.75 Å². The molecule has 0 saturated heterocycles. The van der Waals surface area contributed by atoms with Crippen LogP contribution in [-0.2, 0) is 0 Å². The van der Waals surface area contributed by atoms with Crippen molar-refractivity contribution in [2.24, 2.45) is 0 Å². The van der Waals surface area contributed by atoms with Crippen molar-refractivity contribution in [3.8, 4) is 5.75 Å². The number of anilines is 1. The van der Waals surface area contributed by atoms with Crippen LogP contribution < -0.4 is 10.1 Å². The fourth-order valence-electron chi connectivity index (χ4n) is 1.03. The van der Waals surface area contributed by atoms with Crippen LogP contribution in [0.25, 0.3) is 0 Å². The van der Waals surface area contributed by atoms with Gasteiger partial charge in [0.25, 0.3) is 0 Å². The van der Waals surface area contributed by atoms with Gasteiger partial charge >= 0.3 is 0 Å². The van der Waals surface area contributed by atoms with Gasteiger partial charge in [0.15, 0.2) is 0 Å². The SMILES string of the molecule is CCNc1cc(OC)cc(C)n1. The molecular weight excluding hydrogens is 152 g/mol. The molecule has 0 aliphatic carbocycles. The Labute approximate surface area is 72.8 Å². The Balaban J connectivity index is 2.90. The lowest BCUT2D eigenvalue weighted by Crippen LogP contribution is -2.00. The van der Waals surface area contributed by atoms with E-state index in [1.807, 2.05) is 26.0 Å². The van der Waals surface area contributed by atoms with Crippen LogP contribution in [0, 0.1) is 6.92 Å². The van der Waals surface area contributed by atoms with Gasteiger partial charge in [-0.2, -0.15) is 0 Å². The van der Waals surface area contributed by atoms with Crippen molar-refractivity contribution >= 4 is 5.82 Å². The molecule has 12 heavy (non-hydrogen) atoms. The summed E-state index contributed by atoms with van der Waals surface area (Å²) in [7, 11) is 1.66. The van der Waals surface area contributed by atoms with Crippen LogP contribution in [0.3, 0.4) is 0 Å². The van der Waals surface area contributed by atoms with Crippen LogP contribution in [0.15, 0.2) is 12.1 Å². The molecular formula is C9H14N2O. The Morgan fingerprint density at radius 2 is 2.25 bits per heavy atom. The summed E-state index contributed by atoms with van der Waals surface area (Å²) in [5.74, 6) is 1.72. The number of aromatic nitrogens is 1. The predicted octanol–water partition coefficient (Wildman–Crippen LogP) is 1.83. The maximum atomic E-state index is 5.10. The molecule has 1 aromatic heterocycles. The van der Waals surface area contributed by atoms with E-state index in [-0.39, 0.29) is 0 Å². The lowest BCUT2D eigenvalue weighted by molar-refractivity contribution is 0.414. The van der Waals surface area contributed by atoms with E-state index in [1.54, 1.807) is 7.11 Å². The second-order valence-corrected chi connectivity index (χ2v) is 2.56. The zero-order chi connectivity index (χ0) is 8.97. The third-order valence-corrected chi connectivity index (χ3v) is 1.52.